The fraction of sp³-hybridized carbons (Fsp3) is 0.647. The van der Waals surface area contributed by atoms with Crippen molar-refractivity contribution < 1.29 is 9.47 Å². The van der Waals surface area contributed by atoms with Gasteiger partial charge >= 0.3 is 0 Å². The molecular formula is C17H25NO2. The van der Waals surface area contributed by atoms with Crippen LogP contribution in [0.2, 0.25) is 0 Å². The lowest BCUT2D eigenvalue weighted by molar-refractivity contribution is -0.0973. The highest BCUT2D eigenvalue weighted by Gasteiger charge is 2.29. The summed E-state index contributed by atoms with van der Waals surface area (Å²) in [4.78, 5) is 2.59. The number of ether oxygens (including phenoxy) is 2. The number of rotatable bonds is 5. The van der Waals surface area contributed by atoms with Gasteiger partial charge in [0.15, 0.2) is 6.29 Å². The monoisotopic (exact) mass is 275 g/mol. The van der Waals surface area contributed by atoms with Gasteiger partial charge in [-0.2, -0.15) is 0 Å². The molecule has 2 aliphatic heterocycles. The van der Waals surface area contributed by atoms with Crippen LogP contribution in [-0.2, 0) is 15.9 Å². The van der Waals surface area contributed by atoms with Gasteiger partial charge in [0, 0.05) is 5.92 Å². The smallest absolute Gasteiger partial charge is 0.160 e. The van der Waals surface area contributed by atoms with Crippen molar-refractivity contribution >= 4 is 0 Å². The average Bonchev–Trinajstić information content (AvgIpc) is 3.03. The maximum absolute atomic E-state index is 5.63. The minimum absolute atomic E-state index is 0.0847. The molecule has 0 N–H and O–H groups in total. The lowest BCUT2D eigenvalue weighted by Crippen LogP contribution is -2.38. The van der Waals surface area contributed by atoms with E-state index in [-0.39, 0.29) is 6.29 Å². The van der Waals surface area contributed by atoms with Crippen molar-refractivity contribution in [1.29, 1.82) is 0 Å². The standard InChI is InChI=1S/C17H25NO2/c1-2-5-15(6-3-1)7-4-10-18-11-8-16(9-12-18)17-19-13-14-20-17/h1-3,5-6,16-17H,4,7-14H2. The van der Waals surface area contributed by atoms with Gasteiger partial charge in [-0.25, -0.2) is 0 Å². The molecule has 2 fully saturated rings. The lowest BCUT2D eigenvalue weighted by atomic mass is 9.96. The molecule has 3 nitrogen and oxygen atoms in total. The summed E-state index contributed by atoms with van der Waals surface area (Å²) in [6, 6.07) is 10.8. The summed E-state index contributed by atoms with van der Waals surface area (Å²) in [5.74, 6) is 0.614. The Hall–Kier alpha value is -0.900. The van der Waals surface area contributed by atoms with Crippen LogP contribution in [-0.4, -0.2) is 44.0 Å². The van der Waals surface area contributed by atoms with Crippen LogP contribution in [0.25, 0.3) is 0 Å². The van der Waals surface area contributed by atoms with Crippen molar-refractivity contribution in [3.8, 4) is 0 Å². The van der Waals surface area contributed by atoms with E-state index >= 15 is 0 Å². The van der Waals surface area contributed by atoms with Crippen LogP contribution >= 0.6 is 0 Å². The summed E-state index contributed by atoms with van der Waals surface area (Å²) in [5.41, 5.74) is 1.45. The predicted molar refractivity (Wildman–Crippen MR) is 79.6 cm³/mol. The predicted octanol–water partition coefficient (Wildman–Crippen LogP) is 2.70. The van der Waals surface area contributed by atoms with Crippen molar-refractivity contribution in [3.63, 3.8) is 0 Å². The van der Waals surface area contributed by atoms with Gasteiger partial charge in [0.1, 0.15) is 0 Å². The molecule has 1 aromatic rings. The third-order valence-corrected chi connectivity index (χ3v) is 4.45. The average molecular weight is 275 g/mol. The number of nitrogens with zero attached hydrogens (tertiary/aromatic N) is 1. The van der Waals surface area contributed by atoms with Crippen molar-refractivity contribution in [2.75, 3.05) is 32.8 Å². The molecule has 0 aliphatic carbocycles. The zero-order chi connectivity index (χ0) is 13.6. The minimum Gasteiger partial charge on any atom is -0.350 e. The highest BCUT2D eigenvalue weighted by molar-refractivity contribution is 5.14. The van der Waals surface area contributed by atoms with E-state index in [9.17, 15) is 0 Å². The topological polar surface area (TPSA) is 21.7 Å². The van der Waals surface area contributed by atoms with Crippen molar-refractivity contribution in [1.82, 2.24) is 4.90 Å². The van der Waals surface area contributed by atoms with Crippen LogP contribution in [0.5, 0.6) is 0 Å². The summed E-state index contributed by atoms with van der Waals surface area (Å²) in [7, 11) is 0. The number of piperidine rings is 1. The lowest BCUT2D eigenvalue weighted by Gasteiger charge is -2.33. The normalized spacial score (nSPS) is 22.4. The van der Waals surface area contributed by atoms with E-state index in [1.807, 2.05) is 0 Å². The molecular weight excluding hydrogens is 250 g/mol. The molecule has 0 atom stereocenters. The first kappa shape index (κ1) is 14.1. The van der Waals surface area contributed by atoms with E-state index in [0.717, 1.165) is 13.2 Å². The summed E-state index contributed by atoms with van der Waals surface area (Å²) >= 11 is 0. The Labute approximate surface area is 121 Å². The van der Waals surface area contributed by atoms with Gasteiger partial charge in [-0.15, -0.1) is 0 Å². The minimum atomic E-state index is 0.0847. The Balaban J connectivity index is 1.34. The summed E-state index contributed by atoms with van der Waals surface area (Å²) in [6.45, 7) is 5.17. The Morgan fingerprint density at radius 1 is 1.00 bits per heavy atom. The Morgan fingerprint density at radius 3 is 2.40 bits per heavy atom. The van der Waals surface area contributed by atoms with E-state index in [2.05, 4.69) is 35.2 Å². The first-order valence-electron chi connectivity index (χ1n) is 7.91. The first-order valence-corrected chi connectivity index (χ1v) is 7.91. The Bertz CT molecular complexity index is 381. The SMILES string of the molecule is c1ccc(CCCN2CCC(C3OCCO3)CC2)cc1. The van der Waals surface area contributed by atoms with Gasteiger partial charge in [0.05, 0.1) is 13.2 Å². The van der Waals surface area contributed by atoms with Crippen LogP contribution < -0.4 is 0 Å². The molecule has 0 radical (unpaired) electrons. The molecule has 1 aromatic carbocycles. The molecule has 0 amide bonds. The maximum atomic E-state index is 5.63. The molecule has 2 saturated heterocycles. The van der Waals surface area contributed by atoms with Gasteiger partial charge in [-0.05, 0) is 50.9 Å². The highest BCUT2D eigenvalue weighted by atomic mass is 16.7. The fourth-order valence-corrected chi connectivity index (χ4v) is 3.25. The molecule has 0 saturated carbocycles. The molecule has 0 bridgehead atoms. The van der Waals surface area contributed by atoms with E-state index in [1.165, 1.54) is 50.9 Å². The van der Waals surface area contributed by atoms with Crippen LogP contribution in [0.1, 0.15) is 24.8 Å². The van der Waals surface area contributed by atoms with Gasteiger partial charge in [0.2, 0.25) is 0 Å². The second-order valence-corrected chi connectivity index (χ2v) is 5.88. The van der Waals surface area contributed by atoms with Gasteiger partial charge < -0.3 is 14.4 Å². The summed E-state index contributed by atoms with van der Waals surface area (Å²) in [6.07, 6.45) is 4.97. The largest absolute Gasteiger partial charge is 0.350 e. The molecule has 110 valence electrons. The molecule has 2 aliphatic rings. The zero-order valence-electron chi connectivity index (χ0n) is 12.2. The van der Waals surface area contributed by atoms with Crippen LogP contribution in [0, 0.1) is 5.92 Å². The van der Waals surface area contributed by atoms with Gasteiger partial charge in [-0.1, -0.05) is 30.3 Å². The van der Waals surface area contributed by atoms with Crippen LogP contribution in [0.3, 0.4) is 0 Å². The number of benzene rings is 1. The molecule has 3 rings (SSSR count). The second-order valence-electron chi connectivity index (χ2n) is 5.88. The van der Waals surface area contributed by atoms with Crippen molar-refractivity contribution in [2.45, 2.75) is 32.0 Å². The molecule has 2 heterocycles. The molecule has 0 unspecified atom stereocenters. The van der Waals surface area contributed by atoms with E-state index in [1.54, 1.807) is 0 Å². The Kier molecular flexibility index (Phi) is 5.06. The van der Waals surface area contributed by atoms with E-state index in [4.69, 9.17) is 9.47 Å². The molecule has 3 heteroatoms. The van der Waals surface area contributed by atoms with E-state index in [0.29, 0.717) is 5.92 Å². The third kappa shape index (κ3) is 3.81. The first-order chi connectivity index (χ1) is 9.92. The highest BCUT2D eigenvalue weighted by Crippen LogP contribution is 2.25. The van der Waals surface area contributed by atoms with Crippen molar-refractivity contribution in [3.05, 3.63) is 35.9 Å². The molecule has 0 aromatic heterocycles. The summed E-state index contributed by atoms with van der Waals surface area (Å²) in [5, 5.41) is 0. The van der Waals surface area contributed by atoms with Crippen molar-refractivity contribution in [2.24, 2.45) is 5.92 Å². The number of aryl methyl sites for hydroxylation is 1. The third-order valence-electron chi connectivity index (χ3n) is 4.45. The fourth-order valence-electron chi connectivity index (χ4n) is 3.25. The molecule has 0 spiro atoms. The van der Waals surface area contributed by atoms with Crippen LogP contribution in [0.4, 0.5) is 0 Å². The van der Waals surface area contributed by atoms with Gasteiger partial charge in [0.25, 0.3) is 0 Å². The zero-order valence-corrected chi connectivity index (χ0v) is 12.2. The summed E-state index contributed by atoms with van der Waals surface area (Å²) < 4.78 is 11.3. The van der Waals surface area contributed by atoms with Gasteiger partial charge in [-0.3, -0.25) is 0 Å². The van der Waals surface area contributed by atoms with Crippen LogP contribution in [0.15, 0.2) is 30.3 Å². The van der Waals surface area contributed by atoms with E-state index < -0.39 is 0 Å². The number of hydrogen-bond acceptors (Lipinski definition) is 3. The number of hydrogen-bond donors (Lipinski definition) is 0. The maximum Gasteiger partial charge on any atom is 0.160 e. The second kappa shape index (κ2) is 7.21. The quantitative estimate of drug-likeness (QED) is 0.824. The Morgan fingerprint density at radius 2 is 1.70 bits per heavy atom. The number of likely N-dealkylation sites (tertiary alicyclic amines) is 1. The molecule has 20 heavy (non-hydrogen) atoms.